The monoisotopic (exact) mass is 202 g/mol. The highest BCUT2D eigenvalue weighted by atomic mass is 35.5. The van der Waals surface area contributed by atoms with Gasteiger partial charge >= 0.3 is 0 Å². The molecule has 72 valence electrons. The lowest BCUT2D eigenvalue weighted by Crippen LogP contribution is -2.14. The predicted octanol–water partition coefficient (Wildman–Crippen LogP) is 2.34. The van der Waals surface area contributed by atoms with Crippen molar-refractivity contribution in [3.63, 3.8) is 0 Å². The lowest BCUT2D eigenvalue weighted by molar-refractivity contribution is 0.562. The summed E-state index contributed by atoms with van der Waals surface area (Å²) in [6.45, 7) is 1.85. The minimum Gasteiger partial charge on any atom is -0.397 e. The molecule has 1 atom stereocenters. The van der Waals surface area contributed by atoms with E-state index in [9.17, 15) is 4.39 Å². The first-order chi connectivity index (χ1) is 6.06. The van der Waals surface area contributed by atoms with Gasteiger partial charge in [-0.15, -0.1) is 0 Å². The SMILES string of the molecule is CNC(C)c1cc(Cl)c(N)cc1F. The van der Waals surface area contributed by atoms with Crippen molar-refractivity contribution in [2.45, 2.75) is 13.0 Å². The zero-order valence-electron chi connectivity index (χ0n) is 7.57. The molecular formula is C9H12ClFN2. The van der Waals surface area contributed by atoms with Crippen LogP contribution in [0.1, 0.15) is 18.5 Å². The van der Waals surface area contributed by atoms with Gasteiger partial charge in [-0.1, -0.05) is 11.6 Å². The Hall–Kier alpha value is -0.800. The van der Waals surface area contributed by atoms with Gasteiger partial charge < -0.3 is 11.1 Å². The summed E-state index contributed by atoms with van der Waals surface area (Å²) in [7, 11) is 1.76. The second-order valence-electron chi connectivity index (χ2n) is 2.91. The van der Waals surface area contributed by atoms with Crippen molar-refractivity contribution in [1.82, 2.24) is 5.32 Å². The van der Waals surface area contributed by atoms with Crippen molar-refractivity contribution in [3.8, 4) is 0 Å². The van der Waals surface area contributed by atoms with Crippen LogP contribution < -0.4 is 11.1 Å². The van der Waals surface area contributed by atoms with E-state index in [0.717, 1.165) is 0 Å². The molecule has 0 aliphatic rings. The molecule has 13 heavy (non-hydrogen) atoms. The standard InChI is InChI=1S/C9H12ClFN2/c1-5(13-2)6-3-7(10)9(12)4-8(6)11/h3-5,13H,12H2,1-2H3. The van der Waals surface area contributed by atoms with Crippen molar-refractivity contribution in [1.29, 1.82) is 0 Å². The van der Waals surface area contributed by atoms with Crippen LogP contribution in [0.25, 0.3) is 0 Å². The number of rotatable bonds is 2. The van der Waals surface area contributed by atoms with Gasteiger partial charge in [-0.3, -0.25) is 0 Å². The summed E-state index contributed by atoms with van der Waals surface area (Å²) >= 11 is 5.77. The van der Waals surface area contributed by atoms with Crippen LogP contribution in [-0.2, 0) is 0 Å². The molecule has 0 bridgehead atoms. The van der Waals surface area contributed by atoms with Crippen LogP contribution in [0, 0.1) is 5.82 Å². The molecule has 0 aliphatic heterocycles. The highest BCUT2D eigenvalue weighted by Crippen LogP contribution is 2.26. The van der Waals surface area contributed by atoms with Gasteiger partial charge in [0.15, 0.2) is 0 Å². The lowest BCUT2D eigenvalue weighted by Gasteiger charge is -2.12. The number of halogens is 2. The van der Waals surface area contributed by atoms with E-state index in [1.807, 2.05) is 6.92 Å². The Morgan fingerprint density at radius 3 is 2.69 bits per heavy atom. The zero-order valence-corrected chi connectivity index (χ0v) is 8.32. The molecule has 0 saturated heterocycles. The van der Waals surface area contributed by atoms with Gasteiger partial charge in [-0.2, -0.15) is 0 Å². The van der Waals surface area contributed by atoms with Crippen molar-refractivity contribution < 1.29 is 4.39 Å². The molecule has 1 unspecified atom stereocenters. The van der Waals surface area contributed by atoms with Gasteiger partial charge in [-0.05, 0) is 26.1 Å². The Morgan fingerprint density at radius 1 is 1.54 bits per heavy atom. The predicted molar refractivity (Wildman–Crippen MR) is 53.3 cm³/mol. The van der Waals surface area contributed by atoms with E-state index in [2.05, 4.69) is 5.32 Å². The zero-order chi connectivity index (χ0) is 10.0. The van der Waals surface area contributed by atoms with Gasteiger partial charge in [0, 0.05) is 11.6 Å². The van der Waals surface area contributed by atoms with E-state index in [0.29, 0.717) is 10.6 Å². The maximum atomic E-state index is 13.3. The molecule has 0 heterocycles. The fraction of sp³-hybridized carbons (Fsp3) is 0.333. The van der Waals surface area contributed by atoms with E-state index in [-0.39, 0.29) is 17.5 Å². The first kappa shape index (κ1) is 10.3. The van der Waals surface area contributed by atoms with Crippen molar-refractivity contribution in [2.75, 3.05) is 12.8 Å². The smallest absolute Gasteiger partial charge is 0.130 e. The number of hydrogen-bond acceptors (Lipinski definition) is 2. The van der Waals surface area contributed by atoms with E-state index in [1.54, 1.807) is 13.1 Å². The number of nitrogen functional groups attached to an aromatic ring is 1. The van der Waals surface area contributed by atoms with Crippen LogP contribution >= 0.6 is 11.6 Å². The fourth-order valence-electron chi connectivity index (χ4n) is 1.06. The molecule has 1 rings (SSSR count). The molecule has 0 saturated carbocycles. The number of benzene rings is 1. The Morgan fingerprint density at radius 2 is 2.15 bits per heavy atom. The number of nitrogens with one attached hydrogen (secondary N) is 1. The average Bonchev–Trinajstić information content (AvgIpc) is 2.10. The fourth-order valence-corrected chi connectivity index (χ4v) is 1.24. The van der Waals surface area contributed by atoms with Gasteiger partial charge in [0.1, 0.15) is 5.82 Å². The van der Waals surface area contributed by atoms with Crippen LogP contribution in [0.4, 0.5) is 10.1 Å². The van der Waals surface area contributed by atoms with Crippen molar-refractivity contribution in [2.24, 2.45) is 0 Å². The average molecular weight is 203 g/mol. The quantitative estimate of drug-likeness (QED) is 0.723. The highest BCUT2D eigenvalue weighted by Gasteiger charge is 2.11. The molecule has 1 aromatic carbocycles. The molecule has 0 fully saturated rings. The summed E-state index contributed by atoms with van der Waals surface area (Å²) < 4.78 is 13.3. The summed E-state index contributed by atoms with van der Waals surface area (Å²) in [6.07, 6.45) is 0. The van der Waals surface area contributed by atoms with Crippen LogP contribution in [0.15, 0.2) is 12.1 Å². The maximum absolute atomic E-state index is 13.3. The van der Waals surface area contributed by atoms with Crippen LogP contribution in [-0.4, -0.2) is 7.05 Å². The number of anilines is 1. The van der Waals surface area contributed by atoms with Gasteiger partial charge in [0.25, 0.3) is 0 Å². The molecule has 0 spiro atoms. The Kier molecular flexibility index (Phi) is 3.12. The first-order valence-electron chi connectivity index (χ1n) is 3.98. The summed E-state index contributed by atoms with van der Waals surface area (Å²) in [5.74, 6) is -0.330. The molecule has 3 N–H and O–H groups in total. The summed E-state index contributed by atoms with van der Waals surface area (Å²) in [5.41, 5.74) is 6.24. The topological polar surface area (TPSA) is 38.0 Å². The molecule has 0 aliphatic carbocycles. The van der Waals surface area contributed by atoms with E-state index in [1.165, 1.54) is 6.07 Å². The van der Waals surface area contributed by atoms with Gasteiger partial charge in [0.05, 0.1) is 10.7 Å². The number of hydrogen-bond donors (Lipinski definition) is 2. The first-order valence-corrected chi connectivity index (χ1v) is 4.35. The summed E-state index contributed by atoms with van der Waals surface area (Å²) in [5, 5.41) is 3.32. The Bertz CT molecular complexity index is 315. The minimum absolute atomic E-state index is 0.0712. The molecule has 0 amide bonds. The Balaban J connectivity index is 3.15. The third-order valence-electron chi connectivity index (χ3n) is 2.02. The molecule has 0 radical (unpaired) electrons. The normalized spacial score (nSPS) is 12.9. The van der Waals surface area contributed by atoms with Crippen LogP contribution in [0.5, 0.6) is 0 Å². The second-order valence-corrected chi connectivity index (χ2v) is 3.31. The minimum atomic E-state index is -0.330. The van der Waals surface area contributed by atoms with E-state index in [4.69, 9.17) is 17.3 Å². The third-order valence-corrected chi connectivity index (χ3v) is 2.34. The molecule has 4 heteroatoms. The van der Waals surface area contributed by atoms with Crippen LogP contribution in [0.3, 0.4) is 0 Å². The van der Waals surface area contributed by atoms with Crippen LogP contribution in [0.2, 0.25) is 5.02 Å². The molecule has 1 aromatic rings. The third kappa shape index (κ3) is 2.11. The van der Waals surface area contributed by atoms with Gasteiger partial charge in [0.2, 0.25) is 0 Å². The molecule has 2 nitrogen and oxygen atoms in total. The van der Waals surface area contributed by atoms with Gasteiger partial charge in [-0.25, -0.2) is 4.39 Å². The summed E-state index contributed by atoms with van der Waals surface area (Å²) in [4.78, 5) is 0. The Labute approximate surface area is 81.9 Å². The maximum Gasteiger partial charge on any atom is 0.130 e. The van der Waals surface area contributed by atoms with E-state index < -0.39 is 0 Å². The lowest BCUT2D eigenvalue weighted by atomic mass is 10.1. The van der Waals surface area contributed by atoms with Crippen molar-refractivity contribution >= 4 is 17.3 Å². The highest BCUT2D eigenvalue weighted by molar-refractivity contribution is 6.33. The molecular weight excluding hydrogens is 191 g/mol. The summed E-state index contributed by atoms with van der Waals surface area (Å²) in [6, 6.07) is 2.72. The van der Waals surface area contributed by atoms with E-state index >= 15 is 0 Å². The number of nitrogens with two attached hydrogens (primary N) is 1. The molecule has 0 aromatic heterocycles. The second kappa shape index (κ2) is 3.94. The largest absolute Gasteiger partial charge is 0.397 e. The van der Waals surface area contributed by atoms with Crippen molar-refractivity contribution in [3.05, 3.63) is 28.5 Å².